The number of thiazole rings is 1. The molecule has 3 nitrogen and oxygen atoms in total. The number of likely N-dealkylation sites (tertiary alicyclic amines) is 1. The number of nitrogens with one attached hydrogen (secondary N) is 1. The summed E-state index contributed by atoms with van der Waals surface area (Å²) in [6.45, 7) is 5.65. The van der Waals surface area contributed by atoms with Gasteiger partial charge in [-0.15, -0.1) is 11.3 Å². The standard InChI is InChI=1S/C17H23N3S/c1-14(17-10-18-13-21-17)19-16-8-5-9-20(12-16)11-15-6-3-2-4-7-15/h2-4,6-7,10,13-14,16,19H,5,8-9,11-12H2,1H3. The van der Waals surface area contributed by atoms with Gasteiger partial charge in [-0.05, 0) is 31.9 Å². The molecule has 1 aliphatic rings. The third-order valence-electron chi connectivity index (χ3n) is 4.12. The molecule has 1 N–H and O–H groups in total. The van der Waals surface area contributed by atoms with Crippen LogP contribution in [0.4, 0.5) is 0 Å². The number of nitrogens with zero attached hydrogens (tertiary/aromatic N) is 2. The first kappa shape index (κ1) is 14.7. The summed E-state index contributed by atoms with van der Waals surface area (Å²) in [5, 5.41) is 3.77. The Kier molecular flexibility index (Phi) is 5.01. The van der Waals surface area contributed by atoms with Crippen LogP contribution in [0.3, 0.4) is 0 Å². The lowest BCUT2D eigenvalue weighted by atomic mass is 10.0. The zero-order valence-electron chi connectivity index (χ0n) is 12.5. The van der Waals surface area contributed by atoms with Crippen molar-refractivity contribution in [1.29, 1.82) is 0 Å². The van der Waals surface area contributed by atoms with E-state index < -0.39 is 0 Å². The quantitative estimate of drug-likeness (QED) is 0.916. The molecule has 2 aromatic rings. The average Bonchev–Trinajstić information content (AvgIpc) is 3.03. The molecule has 1 aromatic heterocycles. The molecule has 2 heterocycles. The van der Waals surface area contributed by atoms with Crippen molar-refractivity contribution < 1.29 is 0 Å². The predicted octanol–water partition coefficient (Wildman–Crippen LogP) is 3.46. The Labute approximate surface area is 131 Å². The van der Waals surface area contributed by atoms with Crippen molar-refractivity contribution in [2.75, 3.05) is 13.1 Å². The van der Waals surface area contributed by atoms with E-state index in [-0.39, 0.29) is 0 Å². The van der Waals surface area contributed by atoms with Gasteiger partial charge in [0.05, 0.1) is 5.51 Å². The molecule has 3 rings (SSSR count). The van der Waals surface area contributed by atoms with E-state index in [1.807, 2.05) is 11.7 Å². The highest BCUT2D eigenvalue weighted by Gasteiger charge is 2.21. The molecule has 2 atom stereocenters. The third-order valence-corrected chi connectivity index (χ3v) is 5.08. The van der Waals surface area contributed by atoms with Crippen LogP contribution in [0.1, 0.15) is 36.2 Å². The first-order chi connectivity index (χ1) is 10.3. The summed E-state index contributed by atoms with van der Waals surface area (Å²) < 4.78 is 0. The zero-order valence-corrected chi connectivity index (χ0v) is 13.4. The van der Waals surface area contributed by atoms with E-state index in [1.54, 1.807) is 11.3 Å². The van der Waals surface area contributed by atoms with Crippen LogP contribution in [0.2, 0.25) is 0 Å². The average molecular weight is 301 g/mol. The Morgan fingerprint density at radius 1 is 1.38 bits per heavy atom. The van der Waals surface area contributed by atoms with Gasteiger partial charge >= 0.3 is 0 Å². The number of benzene rings is 1. The Hall–Kier alpha value is -1.23. The number of aromatic nitrogens is 1. The van der Waals surface area contributed by atoms with E-state index in [9.17, 15) is 0 Å². The van der Waals surface area contributed by atoms with Gasteiger partial charge in [-0.25, -0.2) is 0 Å². The van der Waals surface area contributed by atoms with Crippen LogP contribution in [0.5, 0.6) is 0 Å². The van der Waals surface area contributed by atoms with Crippen molar-refractivity contribution >= 4 is 11.3 Å². The SMILES string of the molecule is CC(NC1CCCN(Cc2ccccc2)C1)c1cncs1. The van der Waals surface area contributed by atoms with Crippen LogP contribution in [0.25, 0.3) is 0 Å². The second-order valence-corrected chi connectivity index (χ2v) is 6.77. The third kappa shape index (κ3) is 4.13. The summed E-state index contributed by atoms with van der Waals surface area (Å²) in [5.41, 5.74) is 3.32. The van der Waals surface area contributed by atoms with E-state index in [4.69, 9.17) is 0 Å². The maximum Gasteiger partial charge on any atom is 0.0794 e. The molecular weight excluding hydrogens is 278 g/mol. The fourth-order valence-corrected chi connectivity index (χ4v) is 3.69. The fourth-order valence-electron chi connectivity index (χ4n) is 3.05. The minimum atomic E-state index is 0.402. The Morgan fingerprint density at radius 3 is 3.00 bits per heavy atom. The first-order valence-electron chi connectivity index (χ1n) is 7.72. The van der Waals surface area contributed by atoms with Gasteiger partial charge in [-0.1, -0.05) is 30.3 Å². The van der Waals surface area contributed by atoms with Crippen molar-refractivity contribution in [3.05, 3.63) is 52.5 Å². The molecule has 4 heteroatoms. The van der Waals surface area contributed by atoms with Crippen LogP contribution in [-0.4, -0.2) is 29.0 Å². The normalized spacial score (nSPS) is 21.3. The second-order valence-electron chi connectivity index (χ2n) is 5.85. The molecule has 112 valence electrons. The molecule has 0 aliphatic carbocycles. The fraction of sp³-hybridized carbons (Fsp3) is 0.471. The number of hydrogen-bond donors (Lipinski definition) is 1. The lowest BCUT2D eigenvalue weighted by molar-refractivity contribution is 0.177. The summed E-state index contributed by atoms with van der Waals surface area (Å²) in [4.78, 5) is 8.07. The summed E-state index contributed by atoms with van der Waals surface area (Å²) in [7, 11) is 0. The largest absolute Gasteiger partial charge is 0.305 e. The molecule has 1 saturated heterocycles. The zero-order chi connectivity index (χ0) is 14.5. The molecule has 1 aliphatic heterocycles. The summed E-state index contributed by atoms with van der Waals surface area (Å²) in [5.74, 6) is 0. The molecular formula is C17H23N3S. The van der Waals surface area contributed by atoms with Crippen LogP contribution in [-0.2, 0) is 6.54 Å². The van der Waals surface area contributed by atoms with E-state index in [0.717, 1.165) is 13.1 Å². The van der Waals surface area contributed by atoms with Gasteiger partial charge in [0.2, 0.25) is 0 Å². The smallest absolute Gasteiger partial charge is 0.0794 e. The molecule has 1 fully saturated rings. The maximum absolute atomic E-state index is 4.18. The molecule has 0 amide bonds. The highest BCUT2D eigenvalue weighted by atomic mass is 32.1. The van der Waals surface area contributed by atoms with Crippen molar-refractivity contribution in [3.8, 4) is 0 Å². The van der Waals surface area contributed by atoms with Crippen LogP contribution in [0, 0.1) is 0 Å². The monoisotopic (exact) mass is 301 g/mol. The molecule has 21 heavy (non-hydrogen) atoms. The lowest BCUT2D eigenvalue weighted by Crippen LogP contribution is -2.45. The van der Waals surface area contributed by atoms with Crippen molar-refractivity contribution in [3.63, 3.8) is 0 Å². The topological polar surface area (TPSA) is 28.2 Å². The molecule has 2 unspecified atom stereocenters. The van der Waals surface area contributed by atoms with Gasteiger partial charge in [0.15, 0.2) is 0 Å². The highest BCUT2D eigenvalue weighted by molar-refractivity contribution is 7.09. The van der Waals surface area contributed by atoms with Gasteiger partial charge in [-0.2, -0.15) is 0 Å². The Balaban J connectivity index is 1.53. The van der Waals surface area contributed by atoms with E-state index >= 15 is 0 Å². The van der Waals surface area contributed by atoms with E-state index in [2.05, 4.69) is 52.5 Å². The molecule has 0 radical (unpaired) electrons. The van der Waals surface area contributed by atoms with Crippen LogP contribution >= 0.6 is 11.3 Å². The van der Waals surface area contributed by atoms with Gasteiger partial charge in [0.1, 0.15) is 0 Å². The first-order valence-corrected chi connectivity index (χ1v) is 8.60. The lowest BCUT2D eigenvalue weighted by Gasteiger charge is -2.34. The summed E-state index contributed by atoms with van der Waals surface area (Å²) in [6, 6.07) is 11.8. The summed E-state index contributed by atoms with van der Waals surface area (Å²) >= 11 is 1.74. The van der Waals surface area contributed by atoms with Gasteiger partial charge in [0, 0.05) is 36.2 Å². The number of rotatable bonds is 5. The van der Waals surface area contributed by atoms with E-state index in [1.165, 1.54) is 29.8 Å². The van der Waals surface area contributed by atoms with Gasteiger partial charge in [-0.3, -0.25) is 9.88 Å². The Morgan fingerprint density at radius 2 is 2.24 bits per heavy atom. The highest BCUT2D eigenvalue weighted by Crippen LogP contribution is 2.20. The van der Waals surface area contributed by atoms with Gasteiger partial charge in [0.25, 0.3) is 0 Å². The molecule has 1 aromatic carbocycles. The minimum absolute atomic E-state index is 0.402. The van der Waals surface area contributed by atoms with Crippen molar-refractivity contribution in [2.45, 2.75) is 38.4 Å². The Bertz CT molecular complexity index is 526. The molecule has 0 bridgehead atoms. The predicted molar refractivity (Wildman–Crippen MR) is 88.4 cm³/mol. The van der Waals surface area contributed by atoms with E-state index in [0.29, 0.717) is 12.1 Å². The van der Waals surface area contributed by atoms with Crippen LogP contribution < -0.4 is 5.32 Å². The molecule has 0 saturated carbocycles. The number of piperidine rings is 1. The van der Waals surface area contributed by atoms with Crippen molar-refractivity contribution in [1.82, 2.24) is 15.2 Å². The summed E-state index contributed by atoms with van der Waals surface area (Å²) in [6.07, 6.45) is 4.53. The minimum Gasteiger partial charge on any atom is -0.305 e. The molecule has 0 spiro atoms. The van der Waals surface area contributed by atoms with Crippen LogP contribution in [0.15, 0.2) is 42.0 Å². The maximum atomic E-state index is 4.18. The van der Waals surface area contributed by atoms with Crippen molar-refractivity contribution in [2.24, 2.45) is 0 Å². The number of hydrogen-bond acceptors (Lipinski definition) is 4. The second kappa shape index (κ2) is 7.16. The van der Waals surface area contributed by atoms with Gasteiger partial charge < -0.3 is 5.32 Å².